The summed E-state index contributed by atoms with van der Waals surface area (Å²) in [6, 6.07) is -1.19. The van der Waals surface area contributed by atoms with Gasteiger partial charge in [0.05, 0.1) is 25.4 Å². The molecule has 0 spiro atoms. The topological polar surface area (TPSA) is 189 Å². The van der Waals surface area contributed by atoms with E-state index in [-0.39, 0.29) is 12.8 Å². The van der Waals surface area contributed by atoms with Gasteiger partial charge in [0, 0.05) is 0 Å². The van der Waals surface area contributed by atoms with Crippen molar-refractivity contribution in [2.45, 2.75) is 319 Å². The number of unbranched alkanes of at least 4 members (excludes halogenated alkanes) is 33. The van der Waals surface area contributed by atoms with Crippen LogP contribution in [0.1, 0.15) is 264 Å². The minimum absolute atomic E-state index is 0.236. The van der Waals surface area contributed by atoms with Gasteiger partial charge in [-0.05, 0) is 64.2 Å². The minimum Gasteiger partial charge on any atom is -0.394 e. The van der Waals surface area contributed by atoms with Crippen LogP contribution >= 0.6 is 0 Å². The molecule has 0 bridgehead atoms. The van der Waals surface area contributed by atoms with E-state index in [4.69, 9.17) is 9.47 Å². The summed E-state index contributed by atoms with van der Waals surface area (Å²) in [6.45, 7) is 3.42. The van der Waals surface area contributed by atoms with Crippen molar-refractivity contribution in [2.24, 2.45) is 0 Å². The Morgan fingerprint density at radius 2 is 0.886 bits per heavy atom. The second-order valence-corrected chi connectivity index (χ2v) is 20.7. The molecule has 1 rings (SSSR count). The normalized spacial score (nSPS) is 20.5. The molecule has 9 unspecified atom stereocenters. The van der Waals surface area contributed by atoms with Crippen molar-refractivity contribution in [1.82, 2.24) is 5.32 Å². The van der Waals surface area contributed by atoms with E-state index in [1.165, 1.54) is 167 Å². The van der Waals surface area contributed by atoms with Crippen LogP contribution in [0.4, 0.5) is 0 Å². The first-order chi connectivity index (χ1) is 34.2. The minimum atomic E-state index is -1.67. The van der Waals surface area contributed by atoms with Gasteiger partial charge in [0.25, 0.3) is 0 Å². The van der Waals surface area contributed by atoms with Crippen LogP contribution in [0.2, 0.25) is 0 Å². The highest BCUT2D eigenvalue weighted by Crippen LogP contribution is 2.23. The van der Waals surface area contributed by atoms with Crippen LogP contribution in [-0.2, 0) is 14.3 Å². The Balaban J connectivity index is 2.27. The molecule has 0 aromatic rings. The fourth-order valence-corrected chi connectivity index (χ4v) is 9.38. The first kappa shape index (κ1) is 66.3. The second-order valence-electron chi connectivity index (χ2n) is 20.7. The summed E-state index contributed by atoms with van der Waals surface area (Å²) in [4.78, 5) is 13.1. The summed E-state index contributed by atoms with van der Waals surface area (Å²) >= 11 is 0. The van der Waals surface area contributed by atoms with Crippen LogP contribution in [0, 0.1) is 0 Å². The second kappa shape index (κ2) is 48.3. The molecule has 0 aromatic carbocycles. The molecule has 70 heavy (non-hydrogen) atoms. The zero-order valence-corrected chi connectivity index (χ0v) is 45.0. The molecule has 1 aliphatic rings. The third-order valence-electron chi connectivity index (χ3n) is 14.2. The number of aliphatic hydroxyl groups excluding tert-OH is 7. The standard InChI is InChI=1S/C59H111NO10/c1-3-5-7-9-11-13-15-17-19-20-21-22-23-24-25-26-27-28-29-30-31-32-33-35-36-38-40-42-44-46-51(62)54(64)50(49-69-59-57(67)56(66)55(65)53(48-61)70-59)60-58(68)52(63)47-45-43-41-39-37-34-18-16-14-12-10-8-6-4-2/h12,14,16,18,38,40,50-57,59,61-67H,3-11,13,15,17,19-37,39,41-49H2,1-2H3,(H,60,68)/b14-12-,18-16-,40-38+. The summed E-state index contributed by atoms with van der Waals surface area (Å²) in [5.74, 6) is -0.717. The Hall–Kier alpha value is -1.67. The van der Waals surface area contributed by atoms with Gasteiger partial charge < -0.3 is 50.5 Å². The fourth-order valence-electron chi connectivity index (χ4n) is 9.38. The van der Waals surface area contributed by atoms with Gasteiger partial charge in [0.15, 0.2) is 6.29 Å². The maximum absolute atomic E-state index is 13.1. The fraction of sp³-hybridized carbons (Fsp3) is 0.881. The van der Waals surface area contributed by atoms with E-state index in [1.54, 1.807) is 0 Å². The van der Waals surface area contributed by atoms with Crippen molar-refractivity contribution in [1.29, 1.82) is 0 Å². The molecular formula is C59H111NO10. The summed E-state index contributed by atoms with van der Waals surface area (Å²) in [5, 5.41) is 76.0. The lowest BCUT2D eigenvalue weighted by Gasteiger charge is -2.40. The lowest BCUT2D eigenvalue weighted by atomic mass is 9.98. The largest absolute Gasteiger partial charge is 0.394 e. The molecular weight excluding hydrogens is 883 g/mol. The third-order valence-corrected chi connectivity index (χ3v) is 14.2. The molecule has 1 heterocycles. The van der Waals surface area contributed by atoms with Crippen molar-refractivity contribution in [2.75, 3.05) is 13.2 Å². The first-order valence-corrected chi connectivity index (χ1v) is 29.4. The van der Waals surface area contributed by atoms with E-state index in [0.717, 1.165) is 57.8 Å². The van der Waals surface area contributed by atoms with Gasteiger partial charge in [0.1, 0.15) is 36.6 Å². The Morgan fingerprint density at radius 3 is 1.34 bits per heavy atom. The van der Waals surface area contributed by atoms with Gasteiger partial charge in [-0.3, -0.25) is 4.79 Å². The molecule has 1 amide bonds. The van der Waals surface area contributed by atoms with Crippen molar-refractivity contribution in [3.63, 3.8) is 0 Å². The van der Waals surface area contributed by atoms with Crippen LogP contribution < -0.4 is 5.32 Å². The van der Waals surface area contributed by atoms with Gasteiger partial charge in [-0.1, -0.05) is 237 Å². The Morgan fingerprint density at radius 1 is 0.500 bits per heavy atom. The van der Waals surface area contributed by atoms with Crippen molar-refractivity contribution < 1.29 is 50.0 Å². The molecule has 11 heteroatoms. The van der Waals surface area contributed by atoms with Gasteiger partial charge in [-0.15, -0.1) is 0 Å². The molecule has 412 valence electrons. The number of carbonyl (C=O) groups excluding carboxylic acids is 1. The zero-order valence-electron chi connectivity index (χ0n) is 45.0. The van der Waals surface area contributed by atoms with Crippen molar-refractivity contribution >= 4 is 5.91 Å². The lowest BCUT2D eigenvalue weighted by Crippen LogP contribution is -2.60. The van der Waals surface area contributed by atoms with Crippen molar-refractivity contribution in [3.05, 3.63) is 36.5 Å². The Kier molecular flexibility index (Phi) is 45.8. The number of hydrogen-bond donors (Lipinski definition) is 8. The monoisotopic (exact) mass is 994 g/mol. The molecule has 11 nitrogen and oxygen atoms in total. The summed E-state index contributed by atoms with van der Waals surface area (Å²) in [6.07, 6.45) is 47.9. The maximum Gasteiger partial charge on any atom is 0.249 e. The molecule has 8 N–H and O–H groups in total. The van der Waals surface area contributed by atoms with Gasteiger partial charge in [-0.2, -0.15) is 0 Å². The molecule has 0 saturated carbocycles. The predicted molar refractivity (Wildman–Crippen MR) is 289 cm³/mol. The van der Waals surface area contributed by atoms with Crippen LogP contribution in [-0.4, -0.2) is 110 Å². The molecule has 1 saturated heterocycles. The third kappa shape index (κ3) is 36.3. The van der Waals surface area contributed by atoms with Gasteiger partial charge >= 0.3 is 0 Å². The number of aliphatic hydroxyl groups is 7. The van der Waals surface area contributed by atoms with Crippen LogP contribution in [0.3, 0.4) is 0 Å². The molecule has 9 atom stereocenters. The molecule has 0 aliphatic carbocycles. The smallest absolute Gasteiger partial charge is 0.249 e. The van der Waals surface area contributed by atoms with Gasteiger partial charge in [0.2, 0.25) is 5.91 Å². The quantitative estimate of drug-likeness (QED) is 0.0165. The number of hydrogen-bond acceptors (Lipinski definition) is 10. The van der Waals surface area contributed by atoms with E-state index >= 15 is 0 Å². The van der Waals surface area contributed by atoms with E-state index < -0.39 is 74.2 Å². The van der Waals surface area contributed by atoms with Gasteiger partial charge in [-0.25, -0.2) is 0 Å². The number of rotatable bonds is 50. The maximum atomic E-state index is 13.1. The van der Waals surface area contributed by atoms with E-state index in [2.05, 4.69) is 55.6 Å². The van der Waals surface area contributed by atoms with Crippen LogP contribution in [0.25, 0.3) is 0 Å². The number of nitrogens with one attached hydrogen (secondary N) is 1. The Labute approximate surface area is 428 Å². The number of carbonyl (C=O) groups is 1. The summed E-state index contributed by atoms with van der Waals surface area (Å²) < 4.78 is 11.1. The van der Waals surface area contributed by atoms with Crippen LogP contribution in [0.5, 0.6) is 0 Å². The highest BCUT2D eigenvalue weighted by molar-refractivity contribution is 5.80. The van der Waals surface area contributed by atoms with E-state index in [0.29, 0.717) is 12.8 Å². The number of amides is 1. The number of allylic oxidation sites excluding steroid dienone is 6. The first-order valence-electron chi connectivity index (χ1n) is 29.4. The SMILES string of the molecule is CCCCC/C=C\C=C/CCCCCCCC(O)C(=O)NC(COC1OC(CO)C(O)C(O)C1O)C(O)C(O)CCC/C=C/CCCCCCCCCCCCCCCCCCCCCCCCCC. The summed E-state index contributed by atoms with van der Waals surface area (Å²) in [7, 11) is 0. The lowest BCUT2D eigenvalue weighted by molar-refractivity contribution is -0.303. The molecule has 1 aliphatic heterocycles. The summed E-state index contributed by atoms with van der Waals surface area (Å²) in [5.41, 5.74) is 0. The zero-order chi connectivity index (χ0) is 51.1. The van der Waals surface area contributed by atoms with Crippen LogP contribution in [0.15, 0.2) is 36.5 Å². The van der Waals surface area contributed by atoms with E-state index in [9.17, 15) is 40.5 Å². The molecule has 1 fully saturated rings. The number of ether oxygens (including phenoxy) is 2. The highest BCUT2D eigenvalue weighted by Gasteiger charge is 2.44. The van der Waals surface area contributed by atoms with Crippen molar-refractivity contribution in [3.8, 4) is 0 Å². The Bertz CT molecular complexity index is 1230. The highest BCUT2D eigenvalue weighted by atomic mass is 16.7. The predicted octanol–water partition coefficient (Wildman–Crippen LogP) is 12.3. The molecule has 0 radical (unpaired) electrons. The van der Waals surface area contributed by atoms with E-state index in [1.807, 2.05) is 0 Å². The molecule has 0 aromatic heterocycles. The average Bonchev–Trinajstić information content (AvgIpc) is 3.36. The average molecular weight is 995 g/mol.